The van der Waals surface area contributed by atoms with Gasteiger partial charge in [0.05, 0.1) is 0 Å². The first-order chi connectivity index (χ1) is 11.1. The molecule has 0 aromatic carbocycles. The van der Waals surface area contributed by atoms with Crippen LogP contribution >= 0.6 is 0 Å². The molecule has 5 nitrogen and oxygen atoms in total. The van der Waals surface area contributed by atoms with Gasteiger partial charge >= 0.3 is 0 Å². The Hall–Kier alpha value is -1.39. The average Bonchev–Trinajstić information content (AvgIpc) is 3.18. The van der Waals surface area contributed by atoms with Crippen LogP contribution in [-0.2, 0) is 4.79 Å². The number of likely N-dealkylation sites (tertiary alicyclic amines) is 1. The van der Waals surface area contributed by atoms with Crippen molar-refractivity contribution in [1.82, 2.24) is 20.1 Å². The molecule has 1 spiro atoms. The minimum atomic E-state index is 0.243. The largest absolute Gasteiger partial charge is 0.341 e. The number of hydrogen-bond donors (Lipinski definition) is 1. The first-order valence-electron chi connectivity index (χ1n) is 9.30. The highest BCUT2D eigenvalue weighted by Crippen LogP contribution is 2.53. The van der Waals surface area contributed by atoms with Crippen LogP contribution in [0.1, 0.15) is 82.3 Å². The molecule has 0 radical (unpaired) electrons. The Morgan fingerprint density at radius 2 is 2.00 bits per heavy atom. The summed E-state index contributed by atoms with van der Waals surface area (Å²) in [5.74, 6) is 3.29. The summed E-state index contributed by atoms with van der Waals surface area (Å²) in [6, 6.07) is 0. The van der Waals surface area contributed by atoms with Gasteiger partial charge in [-0.3, -0.25) is 9.89 Å². The van der Waals surface area contributed by atoms with Crippen LogP contribution < -0.4 is 0 Å². The normalized spacial score (nSPS) is 27.1. The summed E-state index contributed by atoms with van der Waals surface area (Å²) in [6.45, 7) is 6.02. The number of carbonyl (C=O) groups is 1. The lowest BCUT2D eigenvalue weighted by Gasteiger charge is -2.30. The Kier molecular flexibility index (Phi) is 3.69. The van der Waals surface area contributed by atoms with Crippen LogP contribution in [0.3, 0.4) is 0 Å². The Labute approximate surface area is 138 Å². The molecule has 1 N–H and O–H groups in total. The number of rotatable bonds is 3. The fourth-order valence-electron chi connectivity index (χ4n) is 4.71. The number of aromatic amines is 1. The molecule has 1 amide bonds. The lowest BCUT2D eigenvalue weighted by atomic mass is 9.76. The van der Waals surface area contributed by atoms with Crippen LogP contribution in [0.5, 0.6) is 0 Å². The quantitative estimate of drug-likeness (QED) is 0.931. The SMILES string of the molecule is CC(C)c1n[nH]c(C2CN(C(=O)C3CCC3)CC23CCCC3)n1. The zero-order chi connectivity index (χ0) is 16.0. The van der Waals surface area contributed by atoms with Crippen molar-refractivity contribution in [2.45, 2.75) is 70.6 Å². The fraction of sp³-hybridized carbons (Fsp3) is 0.833. The monoisotopic (exact) mass is 316 g/mol. The second kappa shape index (κ2) is 5.60. The predicted molar refractivity (Wildman–Crippen MR) is 88.0 cm³/mol. The lowest BCUT2D eigenvalue weighted by Crippen LogP contribution is -2.38. The van der Waals surface area contributed by atoms with Crippen LogP contribution in [0, 0.1) is 11.3 Å². The van der Waals surface area contributed by atoms with Gasteiger partial charge < -0.3 is 4.90 Å². The molecule has 5 heteroatoms. The second-order valence-electron chi connectivity index (χ2n) is 8.20. The van der Waals surface area contributed by atoms with Crippen molar-refractivity contribution >= 4 is 5.91 Å². The van der Waals surface area contributed by atoms with E-state index in [9.17, 15) is 4.79 Å². The number of hydrogen-bond acceptors (Lipinski definition) is 3. The Morgan fingerprint density at radius 3 is 2.57 bits per heavy atom. The topological polar surface area (TPSA) is 61.9 Å². The van der Waals surface area contributed by atoms with Crippen molar-refractivity contribution in [3.8, 4) is 0 Å². The van der Waals surface area contributed by atoms with Crippen molar-refractivity contribution in [3.05, 3.63) is 11.6 Å². The van der Waals surface area contributed by atoms with Gasteiger partial charge in [-0.05, 0) is 31.1 Å². The van der Waals surface area contributed by atoms with Crippen LogP contribution in [0.25, 0.3) is 0 Å². The van der Waals surface area contributed by atoms with Crippen molar-refractivity contribution in [3.63, 3.8) is 0 Å². The molecule has 23 heavy (non-hydrogen) atoms. The molecule has 0 bridgehead atoms. The van der Waals surface area contributed by atoms with Gasteiger partial charge in [-0.2, -0.15) is 5.10 Å². The molecular weight excluding hydrogens is 288 g/mol. The third kappa shape index (κ3) is 2.48. The molecule has 1 aromatic heterocycles. The molecule has 4 rings (SSSR count). The van der Waals surface area contributed by atoms with E-state index in [1.54, 1.807) is 0 Å². The number of amides is 1. The minimum absolute atomic E-state index is 0.243. The third-order valence-corrected chi connectivity index (χ3v) is 6.38. The summed E-state index contributed by atoms with van der Waals surface area (Å²) in [6.07, 6.45) is 8.42. The highest BCUT2D eigenvalue weighted by atomic mass is 16.2. The van der Waals surface area contributed by atoms with Gasteiger partial charge in [0.15, 0.2) is 5.82 Å². The molecule has 1 atom stereocenters. The van der Waals surface area contributed by atoms with Crippen molar-refractivity contribution in [2.75, 3.05) is 13.1 Å². The van der Waals surface area contributed by atoms with Gasteiger partial charge in [-0.15, -0.1) is 0 Å². The van der Waals surface area contributed by atoms with Gasteiger partial charge in [0.1, 0.15) is 5.82 Å². The van der Waals surface area contributed by atoms with E-state index in [1.165, 1.54) is 32.1 Å². The Balaban J connectivity index is 1.59. The summed E-state index contributed by atoms with van der Waals surface area (Å²) < 4.78 is 0. The van der Waals surface area contributed by atoms with E-state index < -0.39 is 0 Å². The molecule has 2 heterocycles. The van der Waals surface area contributed by atoms with Crippen LogP contribution in [0.4, 0.5) is 0 Å². The summed E-state index contributed by atoms with van der Waals surface area (Å²) in [5.41, 5.74) is 0.243. The smallest absolute Gasteiger partial charge is 0.225 e. The molecule has 1 unspecified atom stereocenters. The zero-order valence-electron chi connectivity index (χ0n) is 14.3. The number of carbonyl (C=O) groups excluding carboxylic acids is 1. The van der Waals surface area contributed by atoms with Crippen LogP contribution in [0.2, 0.25) is 0 Å². The first kappa shape index (κ1) is 15.2. The molecule has 2 aliphatic carbocycles. The van der Waals surface area contributed by atoms with Crippen LogP contribution in [0.15, 0.2) is 0 Å². The highest BCUT2D eigenvalue weighted by molar-refractivity contribution is 5.80. The van der Waals surface area contributed by atoms with Crippen LogP contribution in [-0.4, -0.2) is 39.1 Å². The van der Waals surface area contributed by atoms with E-state index in [0.717, 1.165) is 37.6 Å². The highest BCUT2D eigenvalue weighted by Gasteiger charge is 2.52. The second-order valence-corrected chi connectivity index (χ2v) is 8.20. The summed E-state index contributed by atoms with van der Waals surface area (Å²) in [5, 5.41) is 7.61. The van der Waals surface area contributed by atoms with Crippen molar-refractivity contribution in [2.24, 2.45) is 11.3 Å². The molecule has 2 saturated carbocycles. The first-order valence-corrected chi connectivity index (χ1v) is 9.30. The predicted octanol–water partition coefficient (Wildman–Crippen LogP) is 3.21. The lowest BCUT2D eigenvalue weighted by molar-refractivity contribution is -0.137. The van der Waals surface area contributed by atoms with Gasteiger partial charge in [0, 0.05) is 30.8 Å². The standard InChI is InChI=1S/C18H28N4O/c1-12(2)15-19-16(21-20-15)14-10-22(17(23)13-6-5-7-13)11-18(14)8-3-4-9-18/h12-14H,3-11H2,1-2H3,(H,19,20,21). The van der Waals surface area contributed by atoms with Gasteiger partial charge in [-0.1, -0.05) is 33.1 Å². The molecule has 1 saturated heterocycles. The summed E-state index contributed by atoms with van der Waals surface area (Å²) in [4.78, 5) is 19.7. The Morgan fingerprint density at radius 1 is 1.26 bits per heavy atom. The minimum Gasteiger partial charge on any atom is -0.341 e. The Bertz CT molecular complexity index is 584. The zero-order valence-corrected chi connectivity index (χ0v) is 14.3. The third-order valence-electron chi connectivity index (χ3n) is 6.38. The number of aromatic nitrogens is 3. The molecule has 1 aromatic rings. The fourth-order valence-corrected chi connectivity index (χ4v) is 4.71. The van der Waals surface area contributed by atoms with Gasteiger partial charge in [0.25, 0.3) is 0 Å². The van der Waals surface area contributed by atoms with Gasteiger partial charge in [0.2, 0.25) is 5.91 Å². The maximum absolute atomic E-state index is 12.7. The number of nitrogens with one attached hydrogen (secondary N) is 1. The molecule has 3 aliphatic rings. The van der Waals surface area contributed by atoms with Crippen molar-refractivity contribution in [1.29, 1.82) is 0 Å². The van der Waals surface area contributed by atoms with E-state index in [0.29, 0.717) is 23.7 Å². The number of nitrogens with zero attached hydrogens (tertiary/aromatic N) is 3. The van der Waals surface area contributed by atoms with Crippen molar-refractivity contribution < 1.29 is 4.79 Å². The number of H-pyrrole nitrogens is 1. The van der Waals surface area contributed by atoms with E-state index in [1.807, 2.05) is 0 Å². The summed E-state index contributed by atoms with van der Waals surface area (Å²) in [7, 11) is 0. The maximum atomic E-state index is 12.7. The van der Waals surface area contributed by atoms with E-state index in [4.69, 9.17) is 4.98 Å². The van der Waals surface area contributed by atoms with Gasteiger partial charge in [-0.25, -0.2) is 4.98 Å². The van der Waals surface area contributed by atoms with E-state index >= 15 is 0 Å². The molecule has 3 fully saturated rings. The van der Waals surface area contributed by atoms with E-state index in [2.05, 4.69) is 28.9 Å². The molecule has 126 valence electrons. The summed E-state index contributed by atoms with van der Waals surface area (Å²) >= 11 is 0. The average molecular weight is 316 g/mol. The molecule has 1 aliphatic heterocycles. The molecular formula is C18H28N4O. The van der Waals surface area contributed by atoms with E-state index in [-0.39, 0.29) is 5.41 Å². The maximum Gasteiger partial charge on any atom is 0.225 e.